The standard InChI is InChI=1S/C28H38N4O3/c1-19(2)25(27(34)30-20(3)22-12-8-5-9-13-22)31-26(33)23-14-16-32(17-15-23)28(35)24(29)18-21-10-6-4-7-11-21/h4-13,19-20,23-25H,14-18,29H2,1-3H3,(H,30,34)(H,31,33)/t20-,24-,25-/m0/s1. The molecule has 0 aliphatic carbocycles. The van der Waals surface area contributed by atoms with Crippen LogP contribution in [0.4, 0.5) is 0 Å². The molecule has 3 amide bonds. The SMILES string of the molecule is CC(C)[C@H](NC(=O)C1CCN(C(=O)[C@@H](N)Cc2ccccc2)CC1)C(=O)N[C@@H](C)c1ccccc1. The Hall–Kier alpha value is -3.19. The smallest absolute Gasteiger partial charge is 0.243 e. The summed E-state index contributed by atoms with van der Waals surface area (Å²) in [4.78, 5) is 40.5. The van der Waals surface area contributed by atoms with Crippen LogP contribution in [0.1, 0.15) is 50.8 Å². The van der Waals surface area contributed by atoms with E-state index in [1.807, 2.05) is 81.4 Å². The van der Waals surface area contributed by atoms with Crippen LogP contribution in [0.2, 0.25) is 0 Å². The lowest BCUT2D eigenvalue weighted by atomic mass is 9.93. The molecule has 188 valence electrons. The Balaban J connectivity index is 1.50. The first-order valence-electron chi connectivity index (χ1n) is 12.5. The summed E-state index contributed by atoms with van der Waals surface area (Å²) in [6.45, 7) is 6.76. The molecule has 2 aromatic carbocycles. The molecule has 3 rings (SSSR count). The van der Waals surface area contributed by atoms with E-state index in [-0.39, 0.29) is 35.6 Å². The fraction of sp³-hybridized carbons (Fsp3) is 0.464. The van der Waals surface area contributed by atoms with Crippen molar-refractivity contribution >= 4 is 17.7 Å². The Morgan fingerprint density at radius 2 is 1.49 bits per heavy atom. The molecule has 7 heteroatoms. The molecule has 7 nitrogen and oxygen atoms in total. The minimum atomic E-state index is -0.618. The Bertz CT molecular complexity index is 972. The highest BCUT2D eigenvalue weighted by Crippen LogP contribution is 2.20. The van der Waals surface area contributed by atoms with Crippen LogP contribution < -0.4 is 16.4 Å². The van der Waals surface area contributed by atoms with E-state index in [4.69, 9.17) is 5.73 Å². The zero-order valence-corrected chi connectivity index (χ0v) is 20.9. The van der Waals surface area contributed by atoms with Gasteiger partial charge < -0.3 is 21.3 Å². The average molecular weight is 479 g/mol. The number of nitrogens with zero attached hydrogens (tertiary/aromatic N) is 1. The number of nitrogens with two attached hydrogens (primary N) is 1. The monoisotopic (exact) mass is 478 g/mol. The van der Waals surface area contributed by atoms with Crippen molar-refractivity contribution in [3.63, 3.8) is 0 Å². The molecule has 1 saturated heterocycles. The minimum Gasteiger partial charge on any atom is -0.348 e. The number of carbonyl (C=O) groups excluding carboxylic acids is 3. The summed E-state index contributed by atoms with van der Waals surface area (Å²) in [5, 5.41) is 5.98. The topological polar surface area (TPSA) is 105 Å². The number of benzene rings is 2. The molecule has 4 N–H and O–H groups in total. The molecular formula is C28H38N4O3. The van der Waals surface area contributed by atoms with Crippen molar-refractivity contribution in [3.8, 4) is 0 Å². The van der Waals surface area contributed by atoms with Gasteiger partial charge in [-0.1, -0.05) is 74.5 Å². The van der Waals surface area contributed by atoms with Gasteiger partial charge in [0.25, 0.3) is 0 Å². The Kier molecular flexibility index (Phi) is 9.43. The van der Waals surface area contributed by atoms with E-state index in [1.165, 1.54) is 0 Å². The molecule has 1 aliphatic rings. The van der Waals surface area contributed by atoms with Gasteiger partial charge in [0.15, 0.2) is 0 Å². The van der Waals surface area contributed by atoms with Crippen LogP contribution in [0.3, 0.4) is 0 Å². The van der Waals surface area contributed by atoms with E-state index < -0.39 is 12.1 Å². The summed E-state index contributed by atoms with van der Waals surface area (Å²) in [5.74, 6) is -0.692. The second-order valence-corrected chi connectivity index (χ2v) is 9.77. The number of hydrogen-bond donors (Lipinski definition) is 3. The van der Waals surface area contributed by atoms with Crippen molar-refractivity contribution in [2.75, 3.05) is 13.1 Å². The van der Waals surface area contributed by atoms with Crippen LogP contribution in [-0.2, 0) is 20.8 Å². The second-order valence-electron chi connectivity index (χ2n) is 9.77. The van der Waals surface area contributed by atoms with Crippen LogP contribution in [0.5, 0.6) is 0 Å². The highest BCUT2D eigenvalue weighted by molar-refractivity contribution is 5.89. The maximum Gasteiger partial charge on any atom is 0.243 e. The molecule has 1 heterocycles. The summed E-state index contributed by atoms with van der Waals surface area (Å²) in [6.07, 6.45) is 1.61. The maximum atomic E-state index is 13.0. The zero-order valence-electron chi connectivity index (χ0n) is 20.9. The fourth-order valence-corrected chi connectivity index (χ4v) is 4.49. The first kappa shape index (κ1) is 26.4. The van der Waals surface area contributed by atoms with Crippen LogP contribution >= 0.6 is 0 Å². The number of rotatable bonds is 9. The van der Waals surface area contributed by atoms with Crippen LogP contribution in [0.15, 0.2) is 60.7 Å². The Morgan fingerprint density at radius 1 is 0.914 bits per heavy atom. The number of amides is 3. The summed E-state index contributed by atoms with van der Waals surface area (Å²) in [6, 6.07) is 18.1. The molecule has 0 aromatic heterocycles. The highest BCUT2D eigenvalue weighted by atomic mass is 16.2. The Morgan fingerprint density at radius 3 is 2.06 bits per heavy atom. The normalized spacial score (nSPS) is 16.9. The lowest BCUT2D eigenvalue weighted by molar-refractivity contribution is -0.137. The molecule has 2 aromatic rings. The highest BCUT2D eigenvalue weighted by Gasteiger charge is 2.32. The fourth-order valence-electron chi connectivity index (χ4n) is 4.49. The van der Waals surface area contributed by atoms with Crippen LogP contribution in [-0.4, -0.2) is 47.8 Å². The molecule has 1 fully saturated rings. The van der Waals surface area contributed by atoms with E-state index in [1.54, 1.807) is 4.90 Å². The zero-order chi connectivity index (χ0) is 25.4. The molecule has 35 heavy (non-hydrogen) atoms. The van der Waals surface area contributed by atoms with Crippen molar-refractivity contribution in [3.05, 3.63) is 71.8 Å². The van der Waals surface area contributed by atoms with Gasteiger partial charge in [-0.05, 0) is 43.2 Å². The summed E-state index contributed by atoms with van der Waals surface area (Å²) >= 11 is 0. The molecule has 0 radical (unpaired) electrons. The van der Waals surface area contributed by atoms with Crippen molar-refractivity contribution in [1.82, 2.24) is 15.5 Å². The van der Waals surface area contributed by atoms with Crippen molar-refractivity contribution in [1.29, 1.82) is 0 Å². The van der Waals surface area contributed by atoms with Gasteiger partial charge in [-0.25, -0.2) is 0 Å². The summed E-state index contributed by atoms with van der Waals surface area (Å²) in [7, 11) is 0. The van der Waals surface area contributed by atoms with Gasteiger partial charge >= 0.3 is 0 Å². The maximum absolute atomic E-state index is 13.0. The van der Waals surface area contributed by atoms with Gasteiger partial charge in [0.2, 0.25) is 17.7 Å². The summed E-state index contributed by atoms with van der Waals surface area (Å²) in [5.41, 5.74) is 8.21. The largest absolute Gasteiger partial charge is 0.348 e. The van der Waals surface area contributed by atoms with Crippen molar-refractivity contribution in [2.45, 2.75) is 58.2 Å². The summed E-state index contributed by atoms with van der Waals surface area (Å²) < 4.78 is 0. The molecule has 0 saturated carbocycles. The quantitative estimate of drug-likeness (QED) is 0.515. The third kappa shape index (κ3) is 7.39. The third-order valence-electron chi connectivity index (χ3n) is 6.70. The second kappa shape index (κ2) is 12.5. The number of nitrogens with one attached hydrogen (secondary N) is 2. The number of likely N-dealkylation sites (tertiary alicyclic amines) is 1. The van der Waals surface area contributed by atoms with Crippen molar-refractivity contribution < 1.29 is 14.4 Å². The van der Waals surface area contributed by atoms with Crippen LogP contribution in [0, 0.1) is 11.8 Å². The number of hydrogen-bond acceptors (Lipinski definition) is 4. The molecule has 3 atom stereocenters. The van der Waals surface area contributed by atoms with Crippen molar-refractivity contribution in [2.24, 2.45) is 17.6 Å². The minimum absolute atomic E-state index is 0.0559. The van der Waals surface area contributed by atoms with Gasteiger partial charge in [-0.15, -0.1) is 0 Å². The van der Waals surface area contributed by atoms with E-state index in [2.05, 4.69) is 10.6 Å². The van der Waals surface area contributed by atoms with Gasteiger partial charge in [0.1, 0.15) is 6.04 Å². The van der Waals surface area contributed by atoms with Gasteiger partial charge in [-0.2, -0.15) is 0 Å². The molecular weight excluding hydrogens is 440 g/mol. The molecule has 0 spiro atoms. The van der Waals surface area contributed by atoms with E-state index in [0.29, 0.717) is 32.4 Å². The lowest BCUT2D eigenvalue weighted by Gasteiger charge is -2.34. The average Bonchev–Trinajstić information content (AvgIpc) is 2.87. The van der Waals surface area contributed by atoms with E-state index >= 15 is 0 Å². The third-order valence-corrected chi connectivity index (χ3v) is 6.70. The first-order valence-corrected chi connectivity index (χ1v) is 12.5. The predicted octanol–water partition coefficient (Wildman–Crippen LogP) is 2.81. The number of carbonyl (C=O) groups is 3. The van der Waals surface area contributed by atoms with E-state index in [0.717, 1.165) is 11.1 Å². The molecule has 0 bridgehead atoms. The van der Waals surface area contributed by atoms with Crippen LogP contribution in [0.25, 0.3) is 0 Å². The molecule has 1 aliphatic heterocycles. The first-order chi connectivity index (χ1) is 16.8. The number of piperidine rings is 1. The van der Waals surface area contributed by atoms with Gasteiger partial charge in [0.05, 0.1) is 12.1 Å². The molecule has 0 unspecified atom stereocenters. The van der Waals surface area contributed by atoms with Gasteiger partial charge in [-0.3, -0.25) is 14.4 Å². The van der Waals surface area contributed by atoms with Gasteiger partial charge in [0, 0.05) is 19.0 Å². The lowest BCUT2D eigenvalue weighted by Crippen LogP contribution is -2.53. The van der Waals surface area contributed by atoms with E-state index in [9.17, 15) is 14.4 Å². The Labute approximate surface area is 208 Å². The predicted molar refractivity (Wildman–Crippen MR) is 137 cm³/mol.